The molecular weight excluding hydrogens is 242 g/mol. The third-order valence-corrected chi connectivity index (χ3v) is 3.48. The minimum atomic E-state index is -0.294. The maximum atomic E-state index is 11.4. The zero-order valence-corrected chi connectivity index (χ0v) is 11.0. The third-order valence-electron chi connectivity index (χ3n) is 3.48. The average molecular weight is 259 g/mol. The fraction of sp³-hybridized carbons (Fsp3) is 0.467. The van der Waals surface area contributed by atoms with Crippen molar-refractivity contribution >= 4 is 11.7 Å². The SMILES string of the molecule is CCOC(=O)C1N=C1CCc1ccc2c(c1)CCO2. The Hall–Kier alpha value is -1.84. The average Bonchev–Trinajstić information content (AvgIpc) is 3.05. The van der Waals surface area contributed by atoms with Crippen LogP contribution in [0.4, 0.5) is 0 Å². The molecule has 1 aromatic carbocycles. The fourth-order valence-corrected chi connectivity index (χ4v) is 2.41. The lowest BCUT2D eigenvalue weighted by molar-refractivity contribution is -0.142. The van der Waals surface area contributed by atoms with E-state index in [1.54, 1.807) is 0 Å². The van der Waals surface area contributed by atoms with Crippen LogP contribution >= 0.6 is 0 Å². The molecule has 4 heteroatoms. The summed E-state index contributed by atoms with van der Waals surface area (Å²) < 4.78 is 10.4. The number of fused-ring (bicyclic) bond motifs is 1. The highest BCUT2D eigenvalue weighted by Crippen LogP contribution is 2.27. The lowest BCUT2D eigenvalue weighted by Gasteiger charge is -2.03. The van der Waals surface area contributed by atoms with Crippen LogP contribution in [0.25, 0.3) is 0 Å². The van der Waals surface area contributed by atoms with E-state index in [-0.39, 0.29) is 12.0 Å². The second-order valence-electron chi connectivity index (χ2n) is 4.82. The molecule has 0 aliphatic carbocycles. The van der Waals surface area contributed by atoms with Gasteiger partial charge in [0.05, 0.1) is 18.9 Å². The number of aliphatic imine (C=N–C) groups is 1. The third kappa shape index (κ3) is 2.62. The van der Waals surface area contributed by atoms with Crippen LogP contribution in [0.2, 0.25) is 0 Å². The predicted octanol–water partition coefficient (Wildman–Crippen LogP) is 1.94. The molecule has 0 saturated heterocycles. The Labute approximate surface area is 112 Å². The minimum Gasteiger partial charge on any atom is -0.493 e. The van der Waals surface area contributed by atoms with Gasteiger partial charge in [-0.1, -0.05) is 12.1 Å². The van der Waals surface area contributed by atoms with Gasteiger partial charge in [-0.2, -0.15) is 0 Å². The monoisotopic (exact) mass is 259 g/mol. The molecule has 0 radical (unpaired) electrons. The van der Waals surface area contributed by atoms with Crippen LogP contribution in [-0.4, -0.2) is 30.9 Å². The Morgan fingerprint density at radius 3 is 3.21 bits per heavy atom. The molecule has 19 heavy (non-hydrogen) atoms. The second kappa shape index (κ2) is 5.03. The van der Waals surface area contributed by atoms with Crippen LogP contribution in [0.5, 0.6) is 5.75 Å². The number of hydrogen-bond donors (Lipinski definition) is 0. The van der Waals surface area contributed by atoms with Crippen LogP contribution < -0.4 is 4.74 Å². The minimum absolute atomic E-state index is 0.208. The lowest BCUT2D eigenvalue weighted by Crippen LogP contribution is -2.16. The first kappa shape index (κ1) is 12.2. The van der Waals surface area contributed by atoms with E-state index >= 15 is 0 Å². The van der Waals surface area contributed by atoms with Gasteiger partial charge in [-0.25, -0.2) is 4.79 Å². The first-order valence-electron chi connectivity index (χ1n) is 6.75. The number of benzene rings is 1. The summed E-state index contributed by atoms with van der Waals surface area (Å²) in [5.74, 6) is 0.803. The van der Waals surface area contributed by atoms with Crippen molar-refractivity contribution in [2.75, 3.05) is 13.2 Å². The van der Waals surface area contributed by atoms with Gasteiger partial charge in [0.1, 0.15) is 5.75 Å². The lowest BCUT2D eigenvalue weighted by atomic mass is 10.0. The Balaban J connectivity index is 1.51. The molecule has 2 aliphatic rings. The zero-order chi connectivity index (χ0) is 13.2. The molecule has 0 saturated carbocycles. The van der Waals surface area contributed by atoms with Gasteiger partial charge in [-0.05, 0) is 37.0 Å². The van der Waals surface area contributed by atoms with Crippen LogP contribution in [-0.2, 0) is 22.4 Å². The van der Waals surface area contributed by atoms with Gasteiger partial charge >= 0.3 is 5.97 Å². The van der Waals surface area contributed by atoms with Gasteiger partial charge in [0.25, 0.3) is 0 Å². The molecule has 4 nitrogen and oxygen atoms in total. The summed E-state index contributed by atoms with van der Waals surface area (Å²) in [6.45, 7) is 3.02. The molecular formula is C15H17NO3. The van der Waals surface area contributed by atoms with Crippen LogP contribution in [0.1, 0.15) is 24.5 Å². The number of carbonyl (C=O) groups excluding carboxylic acids is 1. The highest BCUT2D eigenvalue weighted by Gasteiger charge is 2.35. The zero-order valence-electron chi connectivity index (χ0n) is 11.0. The van der Waals surface area contributed by atoms with E-state index < -0.39 is 0 Å². The molecule has 3 rings (SSSR count). The Bertz CT molecular complexity index is 536. The summed E-state index contributed by atoms with van der Waals surface area (Å²) >= 11 is 0. The van der Waals surface area contributed by atoms with Crippen molar-refractivity contribution < 1.29 is 14.3 Å². The van der Waals surface area contributed by atoms with Crippen molar-refractivity contribution in [3.63, 3.8) is 0 Å². The fourth-order valence-electron chi connectivity index (χ4n) is 2.41. The van der Waals surface area contributed by atoms with Crippen LogP contribution in [0, 0.1) is 0 Å². The first-order valence-corrected chi connectivity index (χ1v) is 6.75. The van der Waals surface area contributed by atoms with E-state index in [1.165, 1.54) is 11.1 Å². The second-order valence-corrected chi connectivity index (χ2v) is 4.82. The molecule has 0 N–H and O–H groups in total. The summed E-state index contributed by atoms with van der Waals surface area (Å²) in [4.78, 5) is 15.6. The maximum absolute atomic E-state index is 11.4. The van der Waals surface area contributed by atoms with Gasteiger partial charge in [0.15, 0.2) is 6.04 Å². The molecule has 2 aliphatic heterocycles. The van der Waals surface area contributed by atoms with Gasteiger partial charge in [-0.3, -0.25) is 4.99 Å². The number of aryl methyl sites for hydroxylation is 1. The Morgan fingerprint density at radius 2 is 2.37 bits per heavy atom. The van der Waals surface area contributed by atoms with Crippen molar-refractivity contribution in [1.82, 2.24) is 0 Å². The molecule has 0 amide bonds. The maximum Gasteiger partial charge on any atom is 0.336 e. The summed E-state index contributed by atoms with van der Waals surface area (Å²) in [5, 5.41) is 0. The van der Waals surface area contributed by atoms with E-state index in [2.05, 4.69) is 17.1 Å². The number of hydrogen-bond acceptors (Lipinski definition) is 4. The summed E-state index contributed by atoms with van der Waals surface area (Å²) in [6, 6.07) is 6.03. The molecule has 0 fully saturated rings. The Kier molecular flexibility index (Phi) is 3.23. The van der Waals surface area contributed by atoms with Crippen molar-refractivity contribution in [2.24, 2.45) is 4.99 Å². The number of rotatable bonds is 5. The van der Waals surface area contributed by atoms with E-state index in [4.69, 9.17) is 9.47 Å². The van der Waals surface area contributed by atoms with Gasteiger partial charge in [0, 0.05) is 6.42 Å². The van der Waals surface area contributed by atoms with Crippen molar-refractivity contribution in [3.05, 3.63) is 29.3 Å². The number of carbonyl (C=O) groups is 1. The van der Waals surface area contributed by atoms with Gasteiger partial charge in [0.2, 0.25) is 0 Å². The molecule has 0 aromatic heterocycles. The van der Waals surface area contributed by atoms with Crippen LogP contribution in [0.15, 0.2) is 23.2 Å². The molecule has 1 unspecified atom stereocenters. The standard InChI is InChI=1S/C15H17NO3/c1-2-18-15(17)14-12(16-14)5-3-10-4-6-13-11(9-10)7-8-19-13/h4,6,9,14H,2-3,5,7-8H2,1H3. The topological polar surface area (TPSA) is 47.9 Å². The van der Waals surface area contributed by atoms with E-state index in [1.807, 2.05) is 13.0 Å². The smallest absolute Gasteiger partial charge is 0.336 e. The van der Waals surface area contributed by atoms with Gasteiger partial charge < -0.3 is 9.47 Å². The van der Waals surface area contributed by atoms with Crippen LogP contribution in [0.3, 0.4) is 0 Å². The molecule has 2 heterocycles. The van der Waals surface area contributed by atoms with Crippen molar-refractivity contribution in [1.29, 1.82) is 0 Å². The Morgan fingerprint density at radius 1 is 1.47 bits per heavy atom. The number of nitrogens with zero attached hydrogens (tertiary/aromatic N) is 1. The quantitative estimate of drug-likeness (QED) is 0.759. The molecule has 0 spiro atoms. The molecule has 1 aromatic rings. The normalized spacial score (nSPS) is 19.4. The predicted molar refractivity (Wildman–Crippen MR) is 71.8 cm³/mol. The molecule has 1 atom stereocenters. The number of ether oxygens (including phenoxy) is 2. The molecule has 0 bridgehead atoms. The van der Waals surface area contributed by atoms with Crippen molar-refractivity contribution in [3.8, 4) is 5.75 Å². The van der Waals surface area contributed by atoms with Gasteiger partial charge in [-0.15, -0.1) is 0 Å². The molecule has 100 valence electrons. The summed E-state index contributed by atoms with van der Waals surface area (Å²) in [6.07, 6.45) is 2.75. The highest BCUT2D eigenvalue weighted by molar-refractivity contribution is 6.16. The number of esters is 1. The first-order chi connectivity index (χ1) is 9.28. The summed E-state index contributed by atoms with van der Waals surface area (Å²) in [5.41, 5.74) is 3.54. The highest BCUT2D eigenvalue weighted by atomic mass is 16.5. The largest absolute Gasteiger partial charge is 0.493 e. The van der Waals surface area contributed by atoms with E-state index in [9.17, 15) is 4.79 Å². The van der Waals surface area contributed by atoms with Crippen molar-refractivity contribution in [2.45, 2.75) is 32.2 Å². The van der Waals surface area contributed by atoms with E-state index in [0.29, 0.717) is 6.61 Å². The summed E-state index contributed by atoms with van der Waals surface area (Å²) in [7, 11) is 0. The van der Waals surface area contributed by atoms with E-state index in [0.717, 1.165) is 37.3 Å².